The van der Waals surface area contributed by atoms with Crippen molar-refractivity contribution in [1.82, 2.24) is 20.2 Å². The van der Waals surface area contributed by atoms with E-state index in [0.29, 0.717) is 12.1 Å². The molecule has 11 heteroatoms. The van der Waals surface area contributed by atoms with Crippen molar-refractivity contribution >= 4 is 34.5 Å². The molecule has 4 rings (SSSR count). The molecule has 4 aromatic rings. The van der Waals surface area contributed by atoms with Gasteiger partial charge in [-0.05, 0) is 55.2 Å². The van der Waals surface area contributed by atoms with Gasteiger partial charge in [0.25, 0.3) is 0 Å². The highest BCUT2D eigenvalue weighted by Gasteiger charge is 2.29. The van der Waals surface area contributed by atoms with Crippen LogP contribution in [-0.4, -0.2) is 38.6 Å². The van der Waals surface area contributed by atoms with Gasteiger partial charge < -0.3 is 30.0 Å². The second-order valence-corrected chi connectivity index (χ2v) is 10.1. The number of fused-ring (bicyclic) bond motifs is 1. The van der Waals surface area contributed by atoms with Crippen LogP contribution >= 0.6 is 0 Å². The molecule has 2 heterocycles. The van der Waals surface area contributed by atoms with Gasteiger partial charge in [0.2, 0.25) is 11.8 Å². The number of anilines is 1. The second kappa shape index (κ2) is 12.0. The monoisotopic (exact) mass is 549 g/mol. The lowest BCUT2D eigenvalue weighted by Gasteiger charge is -2.23. The number of aryl methyl sites for hydroxylation is 2. The Labute approximate surface area is 230 Å². The van der Waals surface area contributed by atoms with Crippen LogP contribution in [0.2, 0.25) is 0 Å². The van der Waals surface area contributed by atoms with Gasteiger partial charge in [0.05, 0.1) is 0 Å². The summed E-state index contributed by atoms with van der Waals surface area (Å²) in [5.41, 5.74) is 2.03. The van der Waals surface area contributed by atoms with Crippen molar-refractivity contribution in [2.45, 2.75) is 45.7 Å². The van der Waals surface area contributed by atoms with Crippen molar-refractivity contribution in [3.05, 3.63) is 83.5 Å². The van der Waals surface area contributed by atoms with Crippen molar-refractivity contribution in [1.29, 1.82) is 0 Å². The minimum absolute atomic E-state index is 0.0512. The van der Waals surface area contributed by atoms with Gasteiger partial charge in [-0.15, -0.1) is 0 Å². The number of oxazole rings is 1. The molecule has 2 atom stereocenters. The van der Waals surface area contributed by atoms with Gasteiger partial charge in [0.15, 0.2) is 5.69 Å². The average Bonchev–Trinajstić information content (AvgIpc) is 3.44. The molecule has 0 saturated heterocycles. The fraction of sp³-hybridized carbons (Fsp3) is 0.310. The number of carbonyl (C=O) groups is 3. The molecule has 4 N–H and O–H groups in total. The standard InChI is InChI=1S/C29H32FN5O5/c1-16(2)13-22(33-29(39)31-20-11-9-19(30)10-12-20)26(36)32-23(27-34-25(28(37)38)17(3)40-27)14-18-15-35(4)24-8-6-5-7-21(18)24/h5-12,15-16,22-23H,13-14H2,1-4H3,(H,32,36)(H,37,38)(H2,31,33,39)/t22?,23-/m1/s1. The molecular formula is C29H32FN5O5. The van der Waals surface area contributed by atoms with E-state index in [-0.39, 0.29) is 29.7 Å². The fourth-order valence-corrected chi connectivity index (χ4v) is 4.61. The Morgan fingerprint density at radius 2 is 1.77 bits per heavy atom. The van der Waals surface area contributed by atoms with E-state index in [1.165, 1.54) is 31.2 Å². The molecule has 10 nitrogen and oxygen atoms in total. The van der Waals surface area contributed by atoms with Crippen LogP contribution in [0.3, 0.4) is 0 Å². The maximum atomic E-state index is 13.6. The van der Waals surface area contributed by atoms with Gasteiger partial charge in [-0.3, -0.25) is 4.79 Å². The van der Waals surface area contributed by atoms with Crippen LogP contribution in [0.5, 0.6) is 0 Å². The molecule has 0 radical (unpaired) electrons. The molecule has 0 aliphatic carbocycles. The first kappa shape index (κ1) is 28.3. The topological polar surface area (TPSA) is 138 Å². The molecule has 0 spiro atoms. The summed E-state index contributed by atoms with van der Waals surface area (Å²) in [5, 5.41) is 18.7. The zero-order valence-electron chi connectivity index (χ0n) is 22.7. The van der Waals surface area contributed by atoms with Crippen molar-refractivity contribution in [3.63, 3.8) is 0 Å². The molecule has 2 aromatic carbocycles. The van der Waals surface area contributed by atoms with Crippen molar-refractivity contribution in [2.75, 3.05) is 5.32 Å². The number of amides is 3. The van der Waals surface area contributed by atoms with Gasteiger partial charge in [0, 0.05) is 36.3 Å². The van der Waals surface area contributed by atoms with Gasteiger partial charge >= 0.3 is 12.0 Å². The molecule has 0 saturated carbocycles. The number of hydrogen-bond donors (Lipinski definition) is 4. The summed E-state index contributed by atoms with van der Waals surface area (Å²) in [6.45, 7) is 5.34. The number of halogens is 1. The maximum absolute atomic E-state index is 13.6. The smallest absolute Gasteiger partial charge is 0.358 e. The number of aromatic carboxylic acids is 1. The number of carboxylic acids is 1. The van der Waals surface area contributed by atoms with E-state index < -0.39 is 35.8 Å². The molecule has 2 aromatic heterocycles. The van der Waals surface area contributed by atoms with Gasteiger partial charge in [-0.1, -0.05) is 32.0 Å². The van der Waals surface area contributed by atoms with Crippen molar-refractivity contribution in [3.8, 4) is 0 Å². The zero-order chi connectivity index (χ0) is 29.0. The highest BCUT2D eigenvalue weighted by atomic mass is 19.1. The number of benzene rings is 2. The van der Waals surface area contributed by atoms with Gasteiger partial charge in [-0.25, -0.2) is 19.0 Å². The van der Waals surface area contributed by atoms with E-state index in [4.69, 9.17) is 4.42 Å². The molecule has 40 heavy (non-hydrogen) atoms. The molecule has 0 aliphatic heterocycles. The number of carbonyl (C=O) groups excluding carboxylic acids is 2. The van der Waals surface area contributed by atoms with E-state index in [9.17, 15) is 23.9 Å². The summed E-state index contributed by atoms with van der Waals surface area (Å²) in [5.74, 6) is -1.93. The lowest BCUT2D eigenvalue weighted by Crippen LogP contribution is -2.49. The Morgan fingerprint density at radius 3 is 2.42 bits per heavy atom. The molecule has 0 fully saturated rings. The predicted octanol–water partition coefficient (Wildman–Crippen LogP) is 4.95. The lowest BCUT2D eigenvalue weighted by molar-refractivity contribution is -0.124. The van der Waals surface area contributed by atoms with E-state index >= 15 is 0 Å². The molecule has 210 valence electrons. The third-order valence-electron chi connectivity index (χ3n) is 6.46. The first-order chi connectivity index (χ1) is 19.0. The third kappa shape index (κ3) is 6.66. The minimum atomic E-state index is -1.24. The van der Waals surface area contributed by atoms with Crippen LogP contribution in [0.25, 0.3) is 10.9 Å². The summed E-state index contributed by atoms with van der Waals surface area (Å²) in [6, 6.07) is 10.7. The molecular weight excluding hydrogens is 517 g/mol. The van der Waals surface area contributed by atoms with Crippen LogP contribution in [-0.2, 0) is 18.3 Å². The Hall–Kier alpha value is -4.67. The van der Waals surface area contributed by atoms with Crippen LogP contribution in [0.4, 0.5) is 14.9 Å². The molecule has 3 amide bonds. The predicted molar refractivity (Wildman–Crippen MR) is 148 cm³/mol. The molecule has 1 unspecified atom stereocenters. The van der Waals surface area contributed by atoms with Crippen LogP contribution in [0.1, 0.15) is 54.0 Å². The van der Waals surface area contributed by atoms with Crippen molar-refractivity contribution < 1.29 is 28.3 Å². The highest BCUT2D eigenvalue weighted by Crippen LogP contribution is 2.27. The number of para-hydroxylation sites is 1. The number of hydrogen-bond acceptors (Lipinski definition) is 5. The van der Waals surface area contributed by atoms with Gasteiger partial charge in [0.1, 0.15) is 23.7 Å². The summed E-state index contributed by atoms with van der Waals surface area (Å²) < 4.78 is 20.9. The Bertz CT molecular complexity index is 1530. The first-order valence-corrected chi connectivity index (χ1v) is 12.9. The number of nitrogens with zero attached hydrogens (tertiary/aromatic N) is 2. The van der Waals surface area contributed by atoms with E-state index in [1.54, 1.807) is 0 Å². The Morgan fingerprint density at radius 1 is 1.07 bits per heavy atom. The SMILES string of the molecule is Cc1oc([C@@H](Cc2cn(C)c3ccccc23)NC(=O)C(CC(C)C)NC(=O)Nc2ccc(F)cc2)nc1C(=O)O. The van der Waals surface area contributed by atoms with Crippen molar-refractivity contribution in [2.24, 2.45) is 13.0 Å². The number of urea groups is 1. The molecule has 0 bridgehead atoms. The first-order valence-electron chi connectivity index (χ1n) is 12.9. The van der Waals surface area contributed by atoms with E-state index in [1.807, 2.05) is 55.9 Å². The summed E-state index contributed by atoms with van der Waals surface area (Å²) in [6.07, 6.45) is 2.54. The van der Waals surface area contributed by atoms with E-state index in [0.717, 1.165) is 16.5 Å². The number of carboxylic acid groups (broad SMARTS) is 1. The number of aromatic nitrogens is 2. The third-order valence-corrected chi connectivity index (χ3v) is 6.46. The Balaban J connectivity index is 1.60. The van der Waals surface area contributed by atoms with Crippen LogP contribution in [0.15, 0.2) is 59.1 Å². The van der Waals surface area contributed by atoms with Crippen LogP contribution in [0, 0.1) is 18.7 Å². The highest BCUT2D eigenvalue weighted by molar-refractivity contribution is 5.94. The maximum Gasteiger partial charge on any atom is 0.358 e. The minimum Gasteiger partial charge on any atom is -0.476 e. The normalized spacial score (nSPS) is 12.8. The number of rotatable bonds is 10. The number of nitrogens with one attached hydrogen (secondary N) is 3. The quantitative estimate of drug-likeness (QED) is 0.221. The largest absolute Gasteiger partial charge is 0.476 e. The van der Waals surface area contributed by atoms with E-state index in [2.05, 4.69) is 20.9 Å². The Kier molecular flexibility index (Phi) is 8.52. The lowest BCUT2D eigenvalue weighted by atomic mass is 10.0. The second-order valence-electron chi connectivity index (χ2n) is 10.1. The van der Waals surface area contributed by atoms with Gasteiger partial charge in [-0.2, -0.15) is 0 Å². The zero-order valence-corrected chi connectivity index (χ0v) is 22.7. The summed E-state index contributed by atoms with van der Waals surface area (Å²) >= 11 is 0. The molecule has 0 aliphatic rings. The summed E-state index contributed by atoms with van der Waals surface area (Å²) in [4.78, 5) is 42.1. The fourth-order valence-electron chi connectivity index (χ4n) is 4.61. The average molecular weight is 550 g/mol. The summed E-state index contributed by atoms with van der Waals surface area (Å²) in [7, 11) is 1.92. The van der Waals surface area contributed by atoms with Crippen LogP contribution < -0.4 is 16.0 Å².